The van der Waals surface area contributed by atoms with E-state index in [1.165, 1.54) is 11.8 Å². The highest BCUT2D eigenvalue weighted by Crippen LogP contribution is 2.35. The minimum Gasteiger partial charge on any atom is -0.394 e. The smallest absolute Gasteiger partial charge is 0.346 e. The number of H-pyrrole nitrogens is 2. The topological polar surface area (TPSA) is 144 Å². The second kappa shape index (κ2) is 5.39. The molecule has 0 saturated carbocycles. The summed E-state index contributed by atoms with van der Waals surface area (Å²) in [6.07, 6.45) is -2.50. The highest BCUT2D eigenvalue weighted by molar-refractivity contribution is 7.98. The van der Waals surface area contributed by atoms with Crippen LogP contribution in [-0.4, -0.2) is 66.7 Å². The summed E-state index contributed by atoms with van der Waals surface area (Å²) in [7, 11) is 0. The van der Waals surface area contributed by atoms with Crippen LogP contribution in [-0.2, 0) is 4.74 Å². The number of hydrogen-bond donors (Lipinski definition) is 5. The maximum atomic E-state index is 11.6. The molecule has 0 bridgehead atoms. The van der Waals surface area contributed by atoms with Gasteiger partial charge in [-0.15, -0.1) is 11.8 Å². The van der Waals surface area contributed by atoms with Crippen LogP contribution in [0.5, 0.6) is 0 Å². The van der Waals surface area contributed by atoms with Crippen molar-refractivity contribution in [2.45, 2.75) is 29.4 Å². The van der Waals surface area contributed by atoms with Gasteiger partial charge in [-0.05, 0) is 6.26 Å². The standard InChI is InChI=1S/C11H14N4O5S/c1-21-10-6-4(12-11(19)13-10)5(14-15-6)9-8(18)7(17)3(2-16)20-9/h3,7-9,16-18H,2H2,1H3,(H,14,15)(H,12,13,19)/t3-,7-,8-,9+/m1/s1. The first-order valence-corrected chi connectivity index (χ1v) is 7.44. The van der Waals surface area contributed by atoms with Crippen molar-refractivity contribution >= 4 is 22.8 Å². The fraction of sp³-hybridized carbons (Fsp3) is 0.545. The zero-order valence-corrected chi connectivity index (χ0v) is 11.8. The highest BCUT2D eigenvalue weighted by Gasteiger charge is 2.44. The van der Waals surface area contributed by atoms with Crippen molar-refractivity contribution in [3.8, 4) is 0 Å². The van der Waals surface area contributed by atoms with E-state index in [2.05, 4.69) is 20.2 Å². The monoisotopic (exact) mass is 314 g/mol. The average molecular weight is 314 g/mol. The number of aromatic nitrogens is 4. The number of hydrogen-bond acceptors (Lipinski definition) is 8. The van der Waals surface area contributed by atoms with Crippen molar-refractivity contribution in [2.24, 2.45) is 0 Å². The summed E-state index contributed by atoms with van der Waals surface area (Å²) in [5.74, 6) is 0. The van der Waals surface area contributed by atoms with E-state index in [1.807, 2.05) is 0 Å². The average Bonchev–Trinajstić information content (AvgIpc) is 3.01. The molecule has 1 aliphatic rings. The molecular weight excluding hydrogens is 300 g/mol. The Bertz CT molecular complexity index is 716. The summed E-state index contributed by atoms with van der Waals surface area (Å²) in [6, 6.07) is 0. The predicted octanol–water partition coefficient (Wildman–Crippen LogP) is -1.48. The van der Waals surface area contributed by atoms with Crippen LogP contribution in [0, 0.1) is 0 Å². The number of aliphatic hydroxyl groups is 3. The molecule has 2 aromatic heterocycles. The van der Waals surface area contributed by atoms with E-state index in [4.69, 9.17) is 9.84 Å². The van der Waals surface area contributed by atoms with E-state index in [-0.39, 0.29) is 0 Å². The third-order valence-corrected chi connectivity index (χ3v) is 4.12. The number of fused-ring (bicyclic) bond motifs is 1. The summed E-state index contributed by atoms with van der Waals surface area (Å²) >= 11 is 1.27. The molecule has 9 nitrogen and oxygen atoms in total. The Morgan fingerprint density at radius 3 is 2.76 bits per heavy atom. The number of nitrogens with zero attached hydrogens (tertiary/aromatic N) is 2. The molecule has 114 valence electrons. The van der Waals surface area contributed by atoms with Crippen LogP contribution in [0.15, 0.2) is 9.82 Å². The molecule has 1 fully saturated rings. The summed E-state index contributed by atoms with van der Waals surface area (Å²) in [6.45, 7) is -0.422. The Morgan fingerprint density at radius 2 is 2.14 bits per heavy atom. The Labute approximate surface area is 122 Å². The normalized spacial score (nSPS) is 29.3. The molecule has 2 aromatic rings. The van der Waals surface area contributed by atoms with Gasteiger partial charge in [-0.1, -0.05) is 0 Å². The first-order chi connectivity index (χ1) is 10.1. The van der Waals surface area contributed by atoms with Gasteiger partial charge >= 0.3 is 5.69 Å². The Balaban J connectivity index is 2.10. The number of nitrogens with one attached hydrogen (secondary N) is 2. The van der Waals surface area contributed by atoms with E-state index in [0.717, 1.165) is 0 Å². The minimum absolute atomic E-state index is 0.335. The molecule has 5 N–H and O–H groups in total. The van der Waals surface area contributed by atoms with E-state index >= 15 is 0 Å². The van der Waals surface area contributed by atoms with E-state index < -0.39 is 36.7 Å². The maximum Gasteiger partial charge on any atom is 0.346 e. The Hall–Kier alpha value is -1.46. The molecule has 1 aliphatic heterocycles. The molecule has 0 aliphatic carbocycles. The van der Waals surface area contributed by atoms with Gasteiger partial charge in [-0.25, -0.2) is 4.79 Å². The van der Waals surface area contributed by atoms with Crippen LogP contribution in [0.2, 0.25) is 0 Å². The van der Waals surface area contributed by atoms with Crippen LogP contribution in [0.1, 0.15) is 11.8 Å². The lowest BCUT2D eigenvalue weighted by molar-refractivity contribution is -0.0236. The van der Waals surface area contributed by atoms with Gasteiger partial charge in [0.25, 0.3) is 0 Å². The lowest BCUT2D eigenvalue weighted by Gasteiger charge is -2.12. The number of thioether (sulfide) groups is 1. The third kappa shape index (κ3) is 2.24. The van der Waals surface area contributed by atoms with Crippen molar-refractivity contribution in [3.05, 3.63) is 16.2 Å². The Kier molecular flexibility index (Phi) is 3.71. The fourth-order valence-electron chi connectivity index (χ4n) is 2.40. The molecular formula is C11H14N4O5S. The number of aliphatic hydroxyl groups excluding tert-OH is 3. The quantitative estimate of drug-likeness (QED) is 0.341. The highest BCUT2D eigenvalue weighted by atomic mass is 32.2. The molecule has 0 spiro atoms. The molecule has 1 saturated heterocycles. The predicted molar refractivity (Wildman–Crippen MR) is 73.0 cm³/mol. The van der Waals surface area contributed by atoms with E-state index in [1.54, 1.807) is 6.26 Å². The molecule has 0 amide bonds. The number of rotatable bonds is 3. The van der Waals surface area contributed by atoms with Gasteiger partial charge in [0, 0.05) is 0 Å². The van der Waals surface area contributed by atoms with Gasteiger partial charge in [0.05, 0.1) is 17.8 Å². The summed E-state index contributed by atoms with van der Waals surface area (Å²) in [5.41, 5.74) is 0.618. The van der Waals surface area contributed by atoms with Gasteiger partial charge < -0.3 is 25.0 Å². The Morgan fingerprint density at radius 1 is 1.38 bits per heavy atom. The molecule has 0 unspecified atom stereocenters. The van der Waals surface area contributed by atoms with Crippen LogP contribution in [0.4, 0.5) is 0 Å². The van der Waals surface area contributed by atoms with E-state index in [9.17, 15) is 15.0 Å². The second-order valence-corrected chi connectivity index (χ2v) is 5.47. The summed E-state index contributed by atoms with van der Waals surface area (Å²) in [5, 5.41) is 36.2. The second-order valence-electron chi connectivity index (χ2n) is 4.67. The zero-order chi connectivity index (χ0) is 15.1. The number of aromatic amines is 2. The van der Waals surface area contributed by atoms with Gasteiger partial charge in [-0.3, -0.25) is 5.10 Å². The van der Waals surface area contributed by atoms with Gasteiger partial charge in [0.15, 0.2) is 0 Å². The largest absolute Gasteiger partial charge is 0.394 e. The van der Waals surface area contributed by atoms with Crippen molar-refractivity contribution in [1.29, 1.82) is 0 Å². The van der Waals surface area contributed by atoms with E-state index in [0.29, 0.717) is 21.8 Å². The molecule has 0 aromatic carbocycles. The molecule has 3 heterocycles. The molecule has 0 radical (unpaired) electrons. The van der Waals surface area contributed by atoms with Crippen LogP contribution < -0.4 is 5.69 Å². The molecule has 4 atom stereocenters. The van der Waals surface area contributed by atoms with Gasteiger partial charge in [0.2, 0.25) is 0 Å². The van der Waals surface area contributed by atoms with Crippen molar-refractivity contribution < 1.29 is 20.1 Å². The molecule has 3 rings (SSSR count). The lowest BCUT2D eigenvalue weighted by atomic mass is 10.1. The summed E-state index contributed by atoms with van der Waals surface area (Å²) in [4.78, 5) is 17.9. The van der Waals surface area contributed by atoms with Crippen LogP contribution in [0.3, 0.4) is 0 Å². The first kappa shape index (κ1) is 14.5. The maximum absolute atomic E-state index is 11.6. The minimum atomic E-state index is -1.24. The van der Waals surface area contributed by atoms with Crippen molar-refractivity contribution in [1.82, 2.24) is 20.2 Å². The summed E-state index contributed by atoms with van der Waals surface area (Å²) < 4.78 is 5.43. The number of ether oxygens (including phenoxy) is 1. The van der Waals surface area contributed by atoms with Gasteiger partial charge in [0.1, 0.15) is 35.0 Å². The van der Waals surface area contributed by atoms with Crippen LogP contribution >= 0.6 is 11.8 Å². The third-order valence-electron chi connectivity index (χ3n) is 3.45. The zero-order valence-electron chi connectivity index (χ0n) is 11.0. The van der Waals surface area contributed by atoms with Crippen LogP contribution in [0.25, 0.3) is 11.0 Å². The van der Waals surface area contributed by atoms with Crippen molar-refractivity contribution in [2.75, 3.05) is 12.9 Å². The lowest BCUT2D eigenvalue weighted by Crippen LogP contribution is -2.32. The van der Waals surface area contributed by atoms with Gasteiger partial charge in [-0.2, -0.15) is 10.1 Å². The first-order valence-electron chi connectivity index (χ1n) is 6.21. The fourth-order valence-corrected chi connectivity index (χ4v) is 2.92. The van der Waals surface area contributed by atoms with Crippen molar-refractivity contribution in [3.63, 3.8) is 0 Å². The SMILES string of the molecule is CSc1nc(=O)[nH]c2c([C@@H]3O[C@H](CO)[C@@H](O)[C@H]3O)[nH]nc12. The molecule has 10 heteroatoms. The molecule has 21 heavy (non-hydrogen) atoms.